The number of hydrogen-bond acceptors (Lipinski definition) is 4. The number of ether oxygens (including phenoxy) is 2. The van der Waals surface area contributed by atoms with Crippen LogP contribution in [0, 0.1) is 17.2 Å². The third-order valence-electron chi connectivity index (χ3n) is 2.77. The van der Waals surface area contributed by atoms with E-state index in [0.29, 0.717) is 17.9 Å². The van der Waals surface area contributed by atoms with E-state index in [-0.39, 0.29) is 5.97 Å². The van der Waals surface area contributed by atoms with Gasteiger partial charge in [0, 0.05) is 5.56 Å². The molecule has 4 nitrogen and oxygen atoms in total. The molecule has 0 aliphatic rings. The van der Waals surface area contributed by atoms with Gasteiger partial charge in [-0.3, -0.25) is 4.79 Å². The first kappa shape index (κ1) is 14.0. The van der Waals surface area contributed by atoms with Gasteiger partial charge in [-0.25, -0.2) is 0 Å². The number of hydrogen-bond donors (Lipinski definition) is 0. The topological polar surface area (TPSA) is 59.3 Å². The minimum absolute atomic E-state index is 0.313. The fourth-order valence-electron chi connectivity index (χ4n) is 1.78. The molecule has 1 aromatic rings. The zero-order valence-electron chi connectivity index (χ0n) is 10.8. The van der Waals surface area contributed by atoms with Crippen LogP contribution < -0.4 is 4.74 Å². The molecule has 0 saturated carbocycles. The van der Waals surface area contributed by atoms with E-state index in [1.165, 1.54) is 0 Å². The number of carbonyl (C=O) groups is 1. The standard InChI is InChI=1S/C14H17NO3/c1-4-18-14(16)10(2)12(9-15)11-7-5-6-8-13(11)17-3/h5-8,10,12H,4H2,1-3H3. The lowest BCUT2D eigenvalue weighted by Crippen LogP contribution is -2.21. The molecule has 18 heavy (non-hydrogen) atoms. The molecule has 0 N–H and O–H groups in total. The number of methoxy groups -OCH3 is 1. The van der Waals surface area contributed by atoms with Crippen LogP contribution in [0.1, 0.15) is 25.3 Å². The lowest BCUT2D eigenvalue weighted by Gasteiger charge is -2.18. The first-order valence-corrected chi connectivity index (χ1v) is 5.84. The van der Waals surface area contributed by atoms with Gasteiger partial charge in [0.25, 0.3) is 0 Å². The molecule has 0 saturated heterocycles. The first-order valence-electron chi connectivity index (χ1n) is 5.84. The molecule has 0 heterocycles. The van der Waals surface area contributed by atoms with Crippen LogP contribution >= 0.6 is 0 Å². The minimum atomic E-state index is -0.569. The zero-order valence-corrected chi connectivity index (χ0v) is 10.8. The predicted molar refractivity (Wildman–Crippen MR) is 67.1 cm³/mol. The third kappa shape index (κ3) is 3.01. The van der Waals surface area contributed by atoms with Crippen molar-refractivity contribution < 1.29 is 14.3 Å². The Morgan fingerprint density at radius 2 is 2.11 bits per heavy atom. The molecular formula is C14H17NO3. The SMILES string of the molecule is CCOC(=O)C(C)C(C#N)c1ccccc1OC. The smallest absolute Gasteiger partial charge is 0.310 e. The second-order valence-electron chi connectivity index (χ2n) is 3.89. The normalized spacial score (nSPS) is 13.2. The molecule has 2 atom stereocenters. The Bertz CT molecular complexity index is 451. The van der Waals surface area contributed by atoms with Crippen molar-refractivity contribution in [2.45, 2.75) is 19.8 Å². The van der Waals surface area contributed by atoms with Crippen LogP contribution in [0.25, 0.3) is 0 Å². The summed E-state index contributed by atoms with van der Waals surface area (Å²) in [6.07, 6.45) is 0. The van der Waals surface area contributed by atoms with Crippen molar-refractivity contribution in [2.75, 3.05) is 13.7 Å². The zero-order chi connectivity index (χ0) is 13.5. The maximum absolute atomic E-state index is 11.7. The van der Waals surface area contributed by atoms with Gasteiger partial charge >= 0.3 is 5.97 Å². The number of benzene rings is 1. The van der Waals surface area contributed by atoms with E-state index >= 15 is 0 Å². The van der Waals surface area contributed by atoms with Gasteiger partial charge in [-0.05, 0) is 13.0 Å². The molecule has 96 valence electrons. The Morgan fingerprint density at radius 1 is 1.44 bits per heavy atom. The summed E-state index contributed by atoms with van der Waals surface area (Å²) < 4.78 is 10.2. The van der Waals surface area contributed by atoms with Crippen LogP contribution in [0.2, 0.25) is 0 Å². The van der Waals surface area contributed by atoms with E-state index in [0.717, 1.165) is 0 Å². The van der Waals surface area contributed by atoms with Gasteiger partial charge in [-0.15, -0.1) is 0 Å². The first-order chi connectivity index (χ1) is 8.65. The van der Waals surface area contributed by atoms with Crippen LogP contribution in [0.5, 0.6) is 5.75 Å². The summed E-state index contributed by atoms with van der Waals surface area (Å²) in [6, 6.07) is 9.37. The number of rotatable bonds is 5. The van der Waals surface area contributed by atoms with Gasteiger partial charge in [0.15, 0.2) is 0 Å². The molecule has 4 heteroatoms. The Hall–Kier alpha value is -2.02. The summed E-state index contributed by atoms with van der Waals surface area (Å²) >= 11 is 0. The van der Waals surface area contributed by atoms with Crippen LogP contribution in [-0.2, 0) is 9.53 Å². The summed E-state index contributed by atoms with van der Waals surface area (Å²) in [5.41, 5.74) is 0.711. The van der Waals surface area contributed by atoms with Crippen molar-refractivity contribution in [3.05, 3.63) is 29.8 Å². The molecule has 1 rings (SSSR count). The molecule has 0 spiro atoms. The largest absolute Gasteiger partial charge is 0.496 e. The Balaban J connectivity index is 3.03. The number of nitriles is 1. The molecule has 0 bridgehead atoms. The summed E-state index contributed by atoms with van der Waals surface area (Å²) in [5, 5.41) is 9.27. The van der Waals surface area contributed by atoms with E-state index in [4.69, 9.17) is 9.47 Å². The van der Waals surface area contributed by atoms with E-state index in [1.54, 1.807) is 33.1 Å². The van der Waals surface area contributed by atoms with Crippen LogP contribution in [0.4, 0.5) is 0 Å². The Kier molecular flexibility index (Phi) is 5.19. The fraction of sp³-hybridized carbons (Fsp3) is 0.429. The highest BCUT2D eigenvalue weighted by Gasteiger charge is 2.28. The maximum atomic E-state index is 11.7. The molecule has 2 unspecified atom stereocenters. The van der Waals surface area contributed by atoms with Gasteiger partial charge in [0.1, 0.15) is 5.75 Å². The van der Waals surface area contributed by atoms with Gasteiger partial charge in [0.05, 0.1) is 31.6 Å². The van der Waals surface area contributed by atoms with Gasteiger partial charge in [-0.2, -0.15) is 5.26 Å². The van der Waals surface area contributed by atoms with Crippen LogP contribution in [0.3, 0.4) is 0 Å². The minimum Gasteiger partial charge on any atom is -0.496 e. The quantitative estimate of drug-likeness (QED) is 0.750. The highest BCUT2D eigenvalue weighted by atomic mass is 16.5. The molecule has 1 aromatic carbocycles. The second-order valence-corrected chi connectivity index (χ2v) is 3.89. The number of nitrogens with zero attached hydrogens (tertiary/aromatic N) is 1. The van der Waals surface area contributed by atoms with E-state index in [9.17, 15) is 10.1 Å². The number of esters is 1. The molecule has 0 amide bonds. The van der Waals surface area contributed by atoms with E-state index < -0.39 is 11.8 Å². The maximum Gasteiger partial charge on any atom is 0.310 e. The van der Waals surface area contributed by atoms with Crippen molar-refractivity contribution in [3.63, 3.8) is 0 Å². The lowest BCUT2D eigenvalue weighted by molar-refractivity contribution is -0.147. The predicted octanol–water partition coefficient (Wildman–Crippen LogP) is 2.50. The summed E-state index contributed by atoms with van der Waals surface area (Å²) in [5.74, 6) is -0.846. The second kappa shape index (κ2) is 6.65. The van der Waals surface area contributed by atoms with E-state index in [1.807, 2.05) is 12.1 Å². The molecule has 0 aromatic heterocycles. The van der Waals surface area contributed by atoms with Crippen molar-refractivity contribution in [2.24, 2.45) is 5.92 Å². The average Bonchev–Trinajstić information content (AvgIpc) is 2.40. The Morgan fingerprint density at radius 3 is 2.67 bits per heavy atom. The Labute approximate surface area is 107 Å². The number of para-hydroxylation sites is 1. The molecule has 0 radical (unpaired) electrons. The van der Waals surface area contributed by atoms with Crippen LogP contribution in [-0.4, -0.2) is 19.7 Å². The highest BCUT2D eigenvalue weighted by molar-refractivity contribution is 5.74. The van der Waals surface area contributed by atoms with Crippen molar-refractivity contribution in [1.29, 1.82) is 5.26 Å². The molecule has 0 aliphatic carbocycles. The van der Waals surface area contributed by atoms with Crippen molar-refractivity contribution in [3.8, 4) is 11.8 Å². The monoisotopic (exact) mass is 247 g/mol. The fourth-order valence-corrected chi connectivity index (χ4v) is 1.78. The summed E-state index contributed by atoms with van der Waals surface area (Å²) in [7, 11) is 1.54. The third-order valence-corrected chi connectivity index (χ3v) is 2.77. The van der Waals surface area contributed by atoms with Gasteiger partial charge in [0.2, 0.25) is 0 Å². The number of carbonyl (C=O) groups excluding carboxylic acids is 1. The molecule has 0 fully saturated rings. The van der Waals surface area contributed by atoms with Crippen LogP contribution in [0.15, 0.2) is 24.3 Å². The molecular weight excluding hydrogens is 230 g/mol. The summed E-state index contributed by atoms with van der Waals surface area (Å²) in [6.45, 7) is 3.75. The van der Waals surface area contributed by atoms with Crippen molar-refractivity contribution in [1.82, 2.24) is 0 Å². The average molecular weight is 247 g/mol. The lowest BCUT2D eigenvalue weighted by atomic mass is 9.88. The molecule has 0 aliphatic heterocycles. The summed E-state index contributed by atoms with van der Waals surface area (Å²) in [4.78, 5) is 11.7. The van der Waals surface area contributed by atoms with Gasteiger partial charge in [-0.1, -0.05) is 25.1 Å². The van der Waals surface area contributed by atoms with Gasteiger partial charge < -0.3 is 9.47 Å². The van der Waals surface area contributed by atoms with Crippen molar-refractivity contribution >= 4 is 5.97 Å². The highest BCUT2D eigenvalue weighted by Crippen LogP contribution is 2.31. The van der Waals surface area contributed by atoms with E-state index in [2.05, 4.69) is 6.07 Å².